The van der Waals surface area contributed by atoms with Crippen molar-refractivity contribution in [3.05, 3.63) is 23.8 Å². The van der Waals surface area contributed by atoms with Crippen LogP contribution >= 0.6 is 0 Å². The number of carbonyl (C=O) groups excluding carboxylic acids is 1. The van der Waals surface area contributed by atoms with Gasteiger partial charge >= 0.3 is 0 Å². The molecule has 0 aromatic heterocycles. The molecule has 1 N–H and O–H groups in total. The second kappa shape index (κ2) is 4.63. The maximum atomic E-state index is 11.9. The molecule has 2 rings (SSSR count). The lowest BCUT2D eigenvalue weighted by atomic mass is 9.92. The molecule has 0 spiro atoms. The van der Waals surface area contributed by atoms with Crippen molar-refractivity contribution >= 4 is 17.3 Å². The molecule has 0 saturated carbocycles. The summed E-state index contributed by atoms with van der Waals surface area (Å²) in [6.07, 6.45) is 1.64. The van der Waals surface area contributed by atoms with Crippen LogP contribution in [0, 0.1) is 5.41 Å². The molecule has 1 aromatic carbocycles. The molecule has 1 amide bonds. The fourth-order valence-corrected chi connectivity index (χ4v) is 2.30. The summed E-state index contributed by atoms with van der Waals surface area (Å²) < 4.78 is 0. The van der Waals surface area contributed by atoms with Crippen LogP contribution in [0.3, 0.4) is 0 Å². The summed E-state index contributed by atoms with van der Waals surface area (Å²) in [6, 6.07) is 6.19. The van der Waals surface area contributed by atoms with Gasteiger partial charge in [-0.2, -0.15) is 0 Å². The van der Waals surface area contributed by atoms with Crippen LogP contribution in [0.5, 0.6) is 0 Å². The summed E-state index contributed by atoms with van der Waals surface area (Å²) in [6.45, 7) is 7.28. The summed E-state index contributed by atoms with van der Waals surface area (Å²) in [5.74, 6) is 0.0862. The van der Waals surface area contributed by atoms with E-state index in [1.165, 1.54) is 11.3 Å². The third-order valence-electron chi connectivity index (χ3n) is 3.19. The van der Waals surface area contributed by atoms with Crippen LogP contribution in [0.4, 0.5) is 11.4 Å². The van der Waals surface area contributed by atoms with Crippen LogP contribution < -0.4 is 10.2 Å². The van der Waals surface area contributed by atoms with Gasteiger partial charge in [0.2, 0.25) is 5.91 Å². The number of hydrogen-bond donors (Lipinski definition) is 1. The summed E-state index contributed by atoms with van der Waals surface area (Å²) >= 11 is 0. The lowest BCUT2D eigenvalue weighted by Crippen LogP contribution is -2.19. The standard InChI is InChI=1S/C15H22N2O/c1-15(2,3)10-14(18)16-12-6-5-11-7-8-17(4)13(11)9-12/h5-6,9H,7-8,10H2,1-4H3,(H,16,18). The number of anilines is 2. The molecule has 0 fully saturated rings. The van der Waals surface area contributed by atoms with E-state index in [1.54, 1.807) is 0 Å². The van der Waals surface area contributed by atoms with Crippen molar-refractivity contribution in [2.75, 3.05) is 23.8 Å². The second-order valence-corrected chi connectivity index (χ2v) is 6.30. The van der Waals surface area contributed by atoms with E-state index in [9.17, 15) is 4.79 Å². The lowest BCUT2D eigenvalue weighted by Gasteiger charge is -2.18. The average Bonchev–Trinajstić information content (AvgIpc) is 2.57. The highest BCUT2D eigenvalue weighted by atomic mass is 16.1. The molecule has 0 unspecified atom stereocenters. The van der Waals surface area contributed by atoms with Crippen molar-refractivity contribution in [2.45, 2.75) is 33.6 Å². The molecule has 18 heavy (non-hydrogen) atoms. The third-order valence-corrected chi connectivity index (χ3v) is 3.19. The van der Waals surface area contributed by atoms with Gasteiger partial charge < -0.3 is 10.2 Å². The Labute approximate surface area is 109 Å². The van der Waals surface area contributed by atoms with Gasteiger partial charge in [-0.3, -0.25) is 4.79 Å². The van der Waals surface area contributed by atoms with Crippen molar-refractivity contribution in [2.24, 2.45) is 5.41 Å². The van der Waals surface area contributed by atoms with Gasteiger partial charge in [0.1, 0.15) is 0 Å². The Morgan fingerprint density at radius 1 is 1.39 bits per heavy atom. The Kier molecular flexibility index (Phi) is 3.33. The van der Waals surface area contributed by atoms with Crippen molar-refractivity contribution in [3.63, 3.8) is 0 Å². The van der Waals surface area contributed by atoms with Crippen LogP contribution in [0.15, 0.2) is 18.2 Å². The topological polar surface area (TPSA) is 32.3 Å². The number of nitrogens with one attached hydrogen (secondary N) is 1. The predicted octanol–water partition coefficient (Wildman–Crippen LogP) is 3.05. The summed E-state index contributed by atoms with van der Waals surface area (Å²) in [4.78, 5) is 14.1. The van der Waals surface area contributed by atoms with E-state index >= 15 is 0 Å². The van der Waals surface area contributed by atoms with Gasteiger partial charge in [0, 0.05) is 31.4 Å². The zero-order valence-electron chi connectivity index (χ0n) is 11.7. The third kappa shape index (κ3) is 3.03. The SMILES string of the molecule is CN1CCc2ccc(NC(=O)CC(C)(C)C)cc21. The lowest BCUT2D eigenvalue weighted by molar-refractivity contribution is -0.117. The van der Waals surface area contributed by atoms with Crippen LogP contribution in [-0.4, -0.2) is 19.5 Å². The van der Waals surface area contributed by atoms with Gasteiger partial charge in [-0.1, -0.05) is 26.8 Å². The zero-order valence-corrected chi connectivity index (χ0v) is 11.7. The molecule has 0 atom stereocenters. The minimum atomic E-state index is 0.0254. The Hall–Kier alpha value is -1.51. The van der Waals surface area contributed by atoms with E-state index in [4.69, 9.17) is 0 Å². The van der Waals surface area contributed by atoms with E-state index in [2.05, 4.69) is 50.2 Å². The normalized spacial score (nSPS) is 14.6. The first-order valence-electron chi connectivity index (χ1n) is 6.49. The number of hydrogen-bond acceptors (Lipinski definition) is 2. The largest absolute Gasteiger partial charge is 0.374 e. The summed E-state index contributed by atoms with van der Waals surface area (Å²) in [7, 11) is 2.09. The van der Waals surface area contributed by atoms with Crippen LogP contribution in [0.25, 0.3) is 0 Å². The van der Waals surface area contributed by atoms with Crippen molar-refractivity contribution in [3.8, 4) is 0 Å². The van der Waals surface area contributed by atoms with E-state index in [1.807, 2.05) is 6.07 Å². The molecule has 0 saturated heterocycles. The molecule has 1 aliphatic rings. The zero-order chi connectivity index (χ0) is 13.3. The highest BCUT2D eigenvalue weighted by molar-refractivity contribution is 5.91. The van der Waals surface area contributed by atoms with Gasteiger partial charge in [-0.05, 0) is 29.5 Å². The summed E-state index contributed by atoms with van der Waals surface area (Å²) in [5, 5.41) is 2.98. The number of nitrogens with zero attached hydrogens (tertiary/aromatic N) is 1. The number of fused-ring (bicyclic) bond motifs is 1. The number of benzene rings is 1. The molecule has 3 heteroatoms. The van der Waals surface area contributed by atoms with Gasteiger partial charge in [0.25, 0.3) is 0 Å². The van der Waals surface area contributed by atoms with Crippen molar-refractivity contribution in [1.29, 1.82) is 0 Å². The van der Waals surface area contributed by atoms with Gasteiger partial charge in [-0.15, -0.1) is 0 Å². The van der Waals surface area contributed by atoms with E-state index in [0.717, 1.165) is 18.7 Å². The van der Waals surface area contributed by atoms with Crippen LogP contribution in [-0.2, 0) is 11.2 Å². The molecule has 0 radical (unpaired) electrons. The maximum Gasteiger partial charge on any atom is 0.224 e. The number of amides is 1. The van der Waals surface area contributed by atoms with E-state index < -0.39 is 0 Å². The Balaban J connectivity index is 2.07. The van der Waals surface area contributed by atoms with E-state index in [0.29, 0.717) is 6.42 Å². The van der Waals surface area contributed by atoms with Crippen LogP contribution in [0.2, 0.25) is 0 Å². The molecule has 1 heterocycles. The predicted molar refractivity (Wildman–Crippen MR) is 76.1 cm³/mol. The minimum absolute atomic E-state index is 0.0254. The highest BCUT2D eigenvalue weighted by Gasteiger charge is 2.18. The molecule has 1 aromatic rings. The van der Waals surface area contributed by atoms with Crippen molar-refractivity contribution in [1.82, 2.24) is 0 Å². The Morgan fingerprint density at radius 3 is 2.78 bits per heavy atom. The molecular weight excluding hydrogens is 224 g/mol. The monoisotopic (exact) mass is 246 g/mol. The van der Waals surface area contributed by atoms with Crippen LogP contribution in [0.1, 0.15) is 32.8 Å². The fraction of sp³-hybridized carbons (Fsp3) is 0.533. The Morgan fingerprint density at radius 2 is 2.11 bits per heavy atom. The first-order chi connectivity index (χ1) is 8.35. The smallest absolute Gasteiger partial charge is 0.224 e. The van der Waals surface area contributed by atoms with Crippen molar-refractivity contribution < 1.29 is 4.79 Å². The highest BCUT2D eigenvalue weighted by Crippen LogP contribution is 2.30. The number of rotatable bonds is 2. The molecule has 98 valence electrons. The van der Waals surface area contributed by atoms with E-state index in [-0.39, 0.29) is 11.3 Å². The molecule has 0 bridgehead atoms. The van der Waals surface area contributed by atoms with Gasteiger partial charge in [0.05, 0.1) is 0 Å². The van der Waals surface area contributed by atoms with Gasteiger partial charge in [-0.25, -0.2) is 0 Å². The molecule has 3 nitrogen and oxygen atoms in total. The average molecular weight is 246 g/mol. The summed E-state index contributed by atoms with van der Waals surface area (Å²) in [5.41, 5.74) is 3.53. The Bertz CT molecular complexity index is 460. The fourth-order valence-electron chi connectivity index (χ4n) is 2.30. The molecule has 1 aliphatic heterocycles. The first kappa shape index (κ1) is 12.9. The molecule has 0 aliphatic carbocycles. The first-order valence-corrected chi connectivity index (χ1v) is 6.49. The minimum Gasteiger partial charge on any atom is -0.374 e. The number of carbonyl (C=O) groups is 1. The number of likely N-dealkylation sites (N-methyl/N-ethyl adjacent to an activating group) is 1. The maximum absolute atomic E-state index is 11.9. The second-order valence-electron chi connectivity index (χ2n) is 6.30. The quantitative estimate of drug-likeness (QED) is 0.870. The van der Waals surface area contributed by atoms with Gasteiger partial charge in [0.15, 0.2) is 0 Å². The molecular formula is C15H22N2O.